The summed E-state index contributed by atoms with van der Waals surface area (Å²) in [6.45, 7) is 5.26. The highest BCUT2D eigenvalue weighted by Crippen LogP contribution is 2.52. The maximum absolute atomic E-state index is 11.3. The number of ether oxygens (including phenoxy) is 3. The van der Waals surface area contributed by atoms with E-state index in [2.05, 4.69) is 5.04 Å². The molecule has 7 nitrogen and oxygen atoms in total. The number of methoxy groups -OCH3 is 1. The quantitative estimate of drug-likeness (QED) is 0.538. The van der Waals surface area contributed by atoms with Crippen LogP contribution >= 0.6 is 0 Å². The van der Waals surface area contributed by atoms with Crippen molar-refractivity contribution in [2.24, 2.45) is 11.8 Å². The highest BCUT2D eigenvalue weighted by molar-refractivity contribution is 5.66. The summed E-state index contributed by atoms with van der Waals surface area (Å²) in [6.07, 6.45) is -1.47. The molecule has 2 bridgehead atoms. The third-order valence-corrected chi connectivity index (χ3v) is 4.42. The second kappa shape index (κ2) is 4.39. The average Bonchev–Trinajstić information content (AvgIpc) is 2.93. The lowest BCUT2D eigenvalue weighted by atomic mass is 9.84. The van der Waals surface area contributed by atoms with Crippen LogP contribution in [0.5, 0.6) is 0 Å². The van der Waals surface area contributed by atoms with Gasteiger partial charge in [-0.2, -0.15) is 9.78 Å². The second-order valence-electron chi connectivity index (χ2n) is 5.38. The summed E-state index contributed by atoms with van der Waals surface area (Å²) in [5, 5.41) is 4.62. The summed E-state index contributed by atoms with van der Waals surface area (Å²) >= 11 is 0. The van der Waals surface area contributed by atoms with Gasteiger partial charge in [0.25, 0.3) is 0 Å². The predicted molar refractivity (Wildman–Crippen MR) is 59.3 cm³/mol. The van der Waals surface area contributed by atoms with Gasteiger partial charge in [-0.3, -0.25) is 4.79 Å². The van der Waals surface area contributed by atoms with Crippen molar-refractivity contribution in [3.05, 3.63) is 0 Å². The van der Waals surface area contributed by atoms with Crippen molar-refractivity contribution < 1.29 is 33.8 Å². The Labute approximate surface area is 110 Å². The van der Waals surface area contributed by atoms with Crippen molar-refractivity contribution in [1.82, 2.24) is 0 Å². The van der Waals surface area contributed by atoms with E-state index in [0.29, 0.717) is 0 Å². The van der Waals surface area contributed by atoms with Crippen LogP contribution in [0, 0.1) is 11.8 Å². The molecule has 3 rings (SSSR count). The van der Waals surface area contributed by atoms with E-state index in [-0.39, 0.29) is 36.1 Å². The van der Waals surface area contributed by atoms with Crippen LogP contribution in [0.25, 0.3) is 0 Å². The highest BCUT2D eigenvalue weighted by atomic mass is 17.5. The first-order valence-corrected chi connectivity index (χ1v) is 6.40. The van der Waals surface area contributed by atoms with Gasteiger partial charge in [0.15, 0.2) is 12.2 Å². The molecular weight excluding hydrogens is 256 g/mol. The second-order valence-corrected chi connectivity index (χ2v) is 5.38. The summed E-state index contributed by atoms with van der Waals surface area (Å²) < 4.78 is 17.0. The van der Waals surface area contributed by atoms with Gasteiger partial charge in [0, 0.05) is 20.0 Å². The first-order valence-electron chi connectivity index (χ1n) is 6.40. The molecule has 3 saturated heterocycles. The summed E-state index contributed by atoms with van der Waals surface area (Å²) in [5.41, 5.74) is 0. The van der Waals surface area contributed by atoms with E-state index >= 15 is 0 Å². The zero-order valence-corrected chi connectivity index (χ0v) is 11.3. The Morgan fingerprint density at radius 2 is 1.95 bits per heavy atom. The number of carbonyl (C=O) groups is 1. The van der Waals surface area contributed by atoms with Crippen molar-refractivity contribution in [3.63, 3.8) is 0 Å². The van der Waals surface area contributed by atoms with Crippen LogP contribution in [0.4, 0.5) is 0 Å². The molecule has 3 fully saturated rings. The zero-order valence-electron chi connectivity index (χ0n) is 11.3. The van der Waals surface area contributed by atoms with E-state index in [0.717, 1.165) is 0 Å². The van der Waals surface area contributed by atoms with Crippen molar-refractivity contribution in [2.75, 3.05) is 7.11 Å². The van der Waals surface area contributed by atoms with Crippen LogP contribution < -0.4 is 0 Å². The minimum atomic E-state index is -1.02. The molecule has 0 amide bonds. The first-order chi connectivity index (χ1) is 9.01. The third-order valence-electron chi connectivity index (χ3n) is 4.42. The van der Waals surface area contributed by atoms with Gasteiger partial charge in [-0.25, -0.2) is 0 Å². The third kappa shape index (κ3) is 1.66. The lowest BCUT2D eigenvalue weighted by Gasteiger charge is -2.45. The Kier molecular flexibility index (Phi) is 3.06. The molecule has 7 atom stereocenters. The highest BCUT2D eigenvalue weighted by Gasteiger charge is 2.71. The van der Waals surface area contributed by atoms with E-state index in [1.165, 1.54) is 6.92 Å². The molecule has 0 saturated carbocycles. The van der Waals surface area contributed by atoms with Crippen LogP contribution in [0.1, 0.15) is 20.8 Å². The molecular formula is C12H18O7. The largest absolute Gasteiger partial charge is 0.462 e. The Hall–Kier alpha value is -0.730. The lowest BCUT2D eigenvalue weighted by molar-refractivity contribution is -0.496. The minimum Gasteiger partial charge on any atom is -0.462 e. The van der Waals surface area contributed by atoms with Crippen molar-refractivity contribution >= 4 is 5.97 Å². The van der Waals surface area contributed by atoms with E-state index < -0.39 is 11.9 Å². The van der Waals surface area contributed by atoms with Crippen molar-refractivity contribution in [1.29, 1.82) is 0 Å². The van der Waals surface area contributed by atoms with Gasteiger partial charge >= 0.3 is 5.97 Å². The standard InChI is InChI=1S/C12H18O7/c1-5-8(15-7(3)13)6(2)12(14-4)11-10(9(5)16-12)17-19-18-11/h5-6,8-11H,1-4H3/t5-,6+,8+,9-,10+,11+,12-/m0/s1. The molecule has 0 aromatic heterocycles. The van der Waals surface area contributed by atoms with E-state index in [1.54, 1.807) is 7.11 Å². The fourth-order valence-corrected chi connectivity index (χ4v) is 3.48. The van der Waals surface area contributed by atoms with E-state index in [9.17, 15) is 4.79 Å². The molecule has 3 aliphatic heterocycles. The Morgan fingerprint density at radius 3 is 2.58 bits per heavy atom. The number of hydrogen-bond donors (Lipinski definition) is 0. The summed E-state index contributed by atoms with van der Waals surface area (Å²) in [4.78, 5) is 21.6. The smallest absolute Gasteiger partial charge is 0.302 e. The molecule has 7 heteroatoms. The Bertz CT molecular complexity index is 386. The Morgan fingerprint density at radius 1 is 1.21 bits per heavy atom. The summed E-state index contributed by atoms with van der Waals surface area (Å²) in [7, 11) is 1.54. The minimum absolute atomic E-state index is 0.0394. The summed E-state index contributed by atoms with van der Waals surface area (Å²) in [5.74, 6) is -1.58. The molecule has 0 aliphatic carbocycles. The van der Waals surface area contributed by atoms with Crippen LogP contribution in [0.2, 0.25) is 0 Å². The van der Waals surface area contributed by atoms with Crippen LogP contribution in [-0.2, 0) is 33.8 Å². The molecule has 0 unspecified atom stereocenters. The zero-order chi connectivity index (χ0) is 13.8. The molecule has 0 spiro atoms. The van der Waals surface area contributed by atoms with Crippen LogP contribution in [0.15, 0.2) is 0 Å². The van der Waals surface area contributed by atoms with Crippen molar-refractivity contribution in [2.45, 2.75) is 51.0 Å². The average molecular weight is 274 g/mol. The van der Waals surface area contributed by atoms with Crippen LogP contribution in [0.3, 0.4) is 0 Å². The maximum atomic E-state index is 11.3. The van der Waals surface area contributed by atoms with Gasteiger partial charge in [0.2, 0.25) is 5.79 Å². The molecule has 108 valence electrons. The van der Waals surface area contributed by atoms with Gasteiger partial charge in [0.1, 0.15) is 6.10 Å². The number of fused-ring (bicyclic) bond motifs is 5. The molecule has 19 heavy (non-hydrogen) atoms. The number of esters is 1. The van der Waals surface area contributed by atoms with Gasteiger partial charge < -0.3 is 14.2 Å². The number of rotatable bonds is 2. The maximum Gasteiger partial charge on any atom is 0.302 e. The van der Waals surface area contributed by atoms with Gasteiger partial charge in [-0.05, 0) is 0 Å². The molecule has 0 aromatic carbocycles. The molecule has 0 N–H and O–H groups in total. The SMILES string of the molecule is CO[C@]12O[C@@H]([C@@H](C)[C@@H](OC(C)=O)[C@H]1C)[C@H]1OOO[C@H]12. The fraction of sp³-hybridized carbons (Fsp3) is 0.917. The Balaban J connectivity index is 1.96. The van der Waals surface area contributed by atoms with Gasteiger partial charge in [0.05, 0.1) is 12.0 Å². The summed E-state index contributed by atoms with van der Waals surface area (Å²) in [6, 6.07) is 0. The van der Waals surface area contributed by atoms with E-state index in [1.807, 2.05) is 13.8 Å². The molecule has 0 aromatic rings. The van der Waals surface area contributed by atoms with Gasteiger partial charge in [-0.15, -0.1) is 0 Å². The topological polar surface area (TPSA) is 72.5 Å². The number of carbonyl (C=O) groups excluding carboxylic acids is 1. The van der Waals surface area contributed by atoms with Crippen LogP contribution in [-0.4, -0.2) is 43.3 Å². The fourth-order valence-electron chi connectivity index (χ4n) is 3.48. The van der Waals surface area contributed by atoms with Crippen molar-refractivity contribution in [3.8, 4) is 0 Å². The molecule has 3 heterocycles. The lowest BCUT2D eigenvalue weighted by Crippen LogP contribution is -2.57. The molecule has 0 radical (unpaired) electrons. The number of hydrogen-bond acceptors (Lipinski definition) is 7. The van der Waals surface area contributed by atoms with E-state index in [4.69, 9.17) is 24.0 Å². The monoisotopic (exact) mass is 274 g/mol. The normalized spacial score (nSPS) is 52.0. The first kappa shape index (κ1) is 13.3. The predicted octanol–water partition coefficient (Wildman–Crippen LogP) is 0.576. The van der Waals surface area contributed by atoms with Gasteiger partial charge in [-0.1, -0.05) is 18.9 Å². The molecule has 3 aliphatic rings.